The summed E-state index contributed by atoms with van der Waals surface area (Å²) in [6.07, 6.45) is -2.68. The van der Waals surface area contributed by atoms with Crippen LogP contribution in [0.15, 0.2) is 64.1 Å². The number of pyridine rings is 2. The van der Waals surface area contributed by atoms with Gasteiger partial charge in [-0.15, -0.1) is 0 Å². The number of H-pyrrole nitrogens is 1. The third kappa shape index (κ3) is 3.83. The summed E-state index contributed by atoms with van der Waals surface area (Å²) in [7, 11) is 0. The van der Waals surface area contributed by atoms with Crippen molar-refractivity contribution in [2.24, 2.45) is 0 Å². The van der Waals surface area contributed by atoms with Gasteiger partial charge < -0.3 is 9.82 Å². The molecular formula is C20H10BrF4N3O3. The van der Waals surface area contributed by atoms with Gasteiger partial charge in [0.1, 0.15) is 11.5 Å². The summed E-state index contributed by atoms with van der Waals surface area (Å²) < 4.78 is 52.9. The van der Waals surface area contributed by atoms with Crippen molar-refractivity contribution >= 4 is 32.8 Å². The van der Waals surface area contributed by atoms with Gasteiger partial charge in [0.05, 0.1) is 21.1 Å². The molecule has 0 aliphatic rings. The van der Waals surface area contributed by atoms with Crippen LogP contribution in [0.1, 0.15) is 0 Å². The molecule has 3 aromatic heterocycles. The maximum absolute atomic E-state index is 13.6. The molecule has 0 fully saturated rings. The maximum atomic E-state index is 13.6. The third-order valence-electron chi connectivity index (χ3n) is 4.35. The van der Waals surface area contributed by atoms with Gasteiger partial charge >= 0.3 is 12.1 Å². The van der Waals surface area contributed by atoms with Crippen LogP contribution < -0.4 is 10.4 Å². The minimum Gasteiger partial charge on any atom is -0.328 e. The highest BCUT2D eigenvalue weighted by molar-refractivity contribution is 9.10. The lowest BCUT2D eigenvalue weighted by atomic mass is 10.1. The van der Waals surface area contributed by atoms with Crippen molar-refractivity contribution in [2.75, 3.05) is 0 Å². The lowest BCUT2D eigenvalue weighted by Gasteiger charge is -2.13. The topological polar surface area (TPSA) is 77.0 Å². The van der Waals surface area contributed by atoms with Crippen molar-refractivity contribution in [2.45, 2.75) is 6.18 Å². The second-order valence-corrected chi connectivity index (χ2v) is 7.13. The highest BCUT2D eigenvalue weighted by Gasteiger charge is 2.42. The molecule has 0 unspecified atom stereocenters. The molecule has 0 spiro atoms. The van der Waals surface area contributed by atoms with Crippen LogP contribution in [-0.2, 0) is 4.79 Å². The highest BCUT2D eigenvalue weighted by Crippen LogP contribution is 2.37. The third-order valence-corrected chi connectivity index (χ3v) is 5.12. The minimum atomic E-state index is -5.26. The Morgan fingerprint density at radius 2 is 1.90 bits per heavy atom. The number of hydrogen-bond acceptors (Lipinski definition) is 4. The molecule has 0 aliphatic heterocycles. The van der Waals surface area contributed by atoms with E-state index in [1.165, 1.54) is 48.8 Å². The number of aromatic nitrogens is 3. The van der Waals surface area contributed by atoms with Crippen molar-refractivity contribution in [3.63, 3.8) is 0 Å². The van der Waals surface area contributed by atoms with Gasteiger partial charge in [0.15, 0.2) is 0 Å². The van der Waals surface area contributed by atoms with E-state index < -0.39 is 23.5 Å². The lowest BCUT2D eigenvalue weighted by Crippen LogP contribution is -2.33. The van der Waals surface area contributed by atoms with E-state index in [0.29, 0.717) is 16.0 Å². The fourth-order valence-electron chi connectivity index (χ4n) is 3.03. The fraction of sp³-hybridized carbons (Fsp3) is 0.0500. The zero-order chi connectivity index (χ0) is 22.3. The molecule has 4 rings (SSSR count). The number of alkyl halides is 3. The van der Waals surface area contributed by atoms with Gasteiger partial charge in [-0.25, -0.2) is 9.18 Å². The number of hydrogen-bond donors (Lipinski definition) is 1. The summed E-state index contributed by atoms with van der Waals surface area (Å²) in [6, 6.07) is 9.80. The van der Waals surface area contributed by atoms with Gasteiger partial charge in [0, 0.05) is 23.5 Å². The number of halogens is 5. The van der Waals surface area contributed by atoms with Gasteiger partial charge in [-0.1, -0.05) is 12.1 Å². The Bertz CT molecular complexity index is 1380. The van der Waals surface area contributed by atoms with Gasteiger partial charge in [0.2, 0.25) is 0 Å². The van der Waals surface area contributed by atoms with E-state index in [1.807, 2.05) is 0 Å². The zero-order valence-electron chi connectivity index (χ0n) is 15.2. The summed E-state index contributed by atoms with van der Waals surface area (Å²) >= 11 is 3.23. The molecule has 158 valence electrons. The summed E-state index contributed by atoms with van der Waals surface area (Å²) in [5, 5.41) is -0.0170. The number of nitrogens with one attached hydrogen (secondary N) is 1. The number of carbonyl (C=O) groups excluding carboxylic acids is 1. The number of aromatic amines is 1. The normalized spacial score (nSPS) is 11.6. The Hall–Kier alpha value is -3.47. The molecule has 0 atom stereocenters. The van der Waals surface area contributed by atoms with Gasteiger partial charge in [-0.2, -0.15) is 17.9 Å². The molecule has 3 heterocycles. The monoisotopic (exact) mass is 495 g/mol. The van der Waals surface area contributed by atoms with E-state index in [9.17, 15) is 27.2 Å². The van der Waals surface area contributed by atoms with E-state index in [4.69, 9.17) is 0 Å². The Kier molecular flexibility index (Phi) is 5.13. The summed E-state index contributed by atoms with van der Waals surface area (Å²) in [4.78, 5) is 35.0. The number of rotatable bonds is 3. The molecular weight excluding hydrogens is 486 g/mol. The smallest absolute Gasteiger partial charge is 0.328 e. The lowest BCUT2D eigenvalue weighted by molar-refractivity contribution is -0.199. The molecule has 1 N–H and O–H groups in total. The van der Waals surface area contributed by atoms with Crippen LogP contribution in [0.3, 0.4) is 0 Å². The average Bonchev–Trinajstić information content (AvgIpc) is 3.00. The molecule has 0 radical (unpaired) electrons. The van der Waals surface area contributed by atoms with Gasteiger partial charge in [-0.05, 0) is 46.3 Å². The molecule has 1 aromatic carbocycles. The predicted molar refractivity (Wildman–Crippen MR) is 107 cm³/mol. The van der Waals surface area contributed by atoms with E-state index >= 15 is 0 Å². The largest absolute Gasteiger partial charge is 0.493 e. The molecule has 31 heavy (non-hydrogen) atoms. The van der Waals surface area contributed by atoms with Crippen LogP contribution in [0, 0.1) is 5.82 Å². The first-order valence-electron chi connectivity index (χ1n) is 8.60. The van der Waals surface area contributed by atoms with Crippen molar-refractivity contribution in [1.29, 1.82) is 0 Å². The summed E-state index contributed by atoms with van der Waals surface area (Å²) in [5.74, 6) is -2.96. The summed E-state index contributed by atoms with van der Waals surface area (Å²) in [6.45, 7) is 0. The molecule has 0 saturated heterocycles. The quantitative estimate of drug-likeness (QED) is 0.425. The predicted octanol–water partition coefficient (Wildman–Crippen LogP) is 4.48. The van der Waals surface area contributed by atoms with Crippen molar-refractivity contribution in [3.8, 4) is 22.5 Å². The molecule has 0 aliphatic carbocycles. The Balaban J connectivity index is 1.96. The first-order chi connectivity index (χ1) is 14.7. The second kappa shape index (κ2) is 7.65. The Labute approximate surface area is 179 Å². The van der Waals surface area contributed by atoms with E-state index in [0.717, 1.165) is 0 Å². The van der Waals surface area contributed by atoms with Gasteiger partial charge in [0.25, 0.3) is 5.56 Å². The van der Waals surface area contributed by atoms with Crippen LogP contribution in [-0.4, -0.2) is 26.8 Å². The summed E-state index contributed by atoms with van der Waals surface area (Å²) in [5.41, 5.74) is 0.317. The number of benzene rings is 1. The van der Waals surface area contributed by atoms with Crippen LogP contribution in [0.25, 0.3) is 33.4 Å². The highest BCUT2D eigenvalue weighted by atomic mass is 79.9. The number of fused-ring (bicyclic) bond motifs is 1. The maximum Gasteiger partial charge on any atom is 0.493 e. The number of carbonyl (C=O) groups is 1. The molecule has 0 bridgehead atoms. The zero-order valence-corrected chi connectivity index (χ0v) is 16.8. The Morgan fingerprint density at radius 3 is 2.61 bits per heavy atom. The molecule has 6 nitrogen and oxygen atoms in total. The van der Waals surface area contributed by atoms with Crippen molar-refractivity contribution in [1.82, 2.24) is 14.7 Å². The van der Waals surface area contributed by atoms with E-state index in [2.05, 4.69) is 30.7 Å². The standard InChI is InChI=1S/C20H10BrF4N3O3/c21-16-15-14(5-7-27-18(15)29)28(31-19(30)20(23,24)25)17(16)11-4-6-26-13(9-11)10-2-1-3-12(22)8-10/h1-9H,(H,27,29). The SMILES string of the molecule is O=C(On1c(-c2ccnc(-c3cccc(F)c3)c2)c(Br)c2c(=O)[nH]ccc21)C(F)(F)F. The van der Waals surface area contributed by atoms with Crippen molar-refractivity contribution < 1.29 is 27.2 Å². The number of nitrogens with zero attached hydrogens (tertiary/aromatic N) is 2. The minimum absolute atomic E-state index is 0.0170. The van der Waals surface area contributed by atoms with Crippen LogP contribution in [0.5, 0.6) is 0 Å². The molecule has 0 saturated carbocycles. The van der Waals surface area contributed by atoms with Gasteiger partial charge in [-0.3, -0.25) is 9.78 Å². The molecule has 0 amide bonds. The van der Waals surface area contributed by atoms with E-state index in [1.54, 1.807) is 6.07 Å². The first-order valence-corrected chi connectivity index (χ1v) is 9.39. The fourth-order valence-corrected chi connectivity index (χ4v) is 3.81. The second-order valence-electron chi connectivity index (χ2n) is 6.34. The molecule has 4 aromatic rings. The molecule has 11 heteroatoms. The van der Waals surface area contributed by atoms with Crippen molar-refractivity contribution in [3.05, 3.63) is 75.5 Å². The average molecular weight is 496 g/mol. The van der Waals surface area contributed by atoms with Crippen LogP contribution >= 0.6 is 15.9 Å². The Morgan fingerprint density at radius 1 is 1.13 bits per heavy atom. The first kappa shape index (κ1) is 20.8. The van der Waals surface area contributed by atoms with Crippen LogP contribution in [0.4, 0.5) is 17.6 Å². The van der Waals surface area contributed by atoms with Crippen LogP contribution in [0.2, 0.25) is 0 Å². The van der Waals surface area contributed by atoms with E-state index in [-0.39, 0.29) is 26.6 Å².